The molecule has 2 saturated heterocycles. The van der Waals surface area contributed by atoms with Crippen molar-refractivity contribution in [3.8, 4) is 0 Å². The van der Waals surface area contributed by atoms with Gasteiger partial charge < -0.3 is 56.3 Å². The second-order valence-electron chi connectivity index (χ2n) is 10.8. The van der Waals surface area contributed by atoms with Crippen LogP contribution in [0.15, 0.2) is 23.3 Å². The van der Waals surface area contributed by atoms with Gasteiger partial charge in [-0.1, -0.05) is 11.1 Å². The number of carbonyl (C=O) groups is 4. The molecule has 15 nitrogen and oxygen atoms in total. The number of nitrogens with one attached hydrogen (secondary N) is 4. The summed E-state index contributed by atoms with van der Waals surface area (Å²) in [6.07, 6.45) is -1.67. The van der Waals surface area contributed by atoms with E-state index >= 15 is 0 Å². The van der Waals surface area contributed by atoms with Crippen molar-refractivity contribution in [1.82, 2.24) is 21.3 Å². The molecule has 0 bridgehead atoms. The molecule has 0 unspecified atom stereocenters. The van der Waals surface area contributed by atoms with Crippen molar-refractivity contribution in [3.63, 3.8) is 0 Å². The van der Waals surface area contributed by atoms with Crippen molar-refractivity contribution in [2.24, 2.45) is 0 Å². The van der Waals surface area contributed by atoms with Crippen molar-refractivity contribution in [2.75, 3.05) is 32.9 Å². The van der Waals surface area contributed by atoms with E-state index in [9.17, 15) is 39.6 Å². The first kappa shape index (κ1) is 36.3. The quantitative estimate of drug-likeness (QED) is 0.0601. The monoisotopic (exact) mass is 614 g/mol. The van der Waals surface area contributed by atoms with E-state index in [4.69, 9.17) is 14.6 Å². The third kappa shape index (κ3) is 12.3. The van der Waals surface area contributed by atoms with E-state index in [1.165, 1.54) is 12.2 Å². The van der Waals surface area contributed by atoms with Crippen molar-refractivity contribution < 1.29 is 54.2 Å². The number of piperazine rings is 1. The molecule has 0 spiro atoms. The number of aliphatic hydroxyl groups excluding tert-OH is 5. The number of amides is 4. The second-order valence-corrected chi connectivity index (χ2v) is 10.8. The smallest absolute Gasteiger partial charge is 0.243 e. The summed E-state index contributed by atoms with van der Waals surface area (Å²) < 4.78 is 10.7. The fourth-order valence-corrected chi connectivity index (χ4v) is 4.53. The minimum Gasteiger partial charge on any atom is -0.396 e. The van der Waals surface area contributed by atoms with E-state index in [2.05, 4.69) is 21.3 Å². The molecule has 43 heavy (non-hydrogen) atoms. The van der Waals surface area contributed by atoms with Gasteiger partial charge in [0.15, 0.2) is 6.29 Å². The lowest BCUT2D eigenvalue weighted by atomic mass is 9.99. The molecule has 15 heteroatoms. The Morgan fingerprint density at radius 1 is 0.837 bits per heavy atom. The van der Waals surface area contributed by atoms with E-state index in [1.807, 2.05) is 0 Å². The van der Waals surface area contributed by atoms with Crippen LogP contribution in [0, 0.1) is 0 Å². The van der Waals surface area contributed by atoms with Crippen molar-refractivity contribution in [3.05, 3.63) is 23.3 Å². The Labute approximate surface area is 250 Å². The molecule has 2 aliphatic heterocycles. The average molecular weight is 615 g/mol. The van der Waals surface area contributed by atoms with Crippen molar-refractivity contribution in [2.45, 2.75) is 95.2 Å². The lowest BCUT2D eigenvalue weighted by Crippen LogP contribution is -2.61. The maximum Gasteiger partial charge on any atom is 0.243 e. The van der Waals surface area contributed by atoms with Crippen LogP contribution >= 0.6 is 0 Å². The third-order valence-corrected chi connectivity index (χ3v) is 7.09. The standard InChI is InChI=1S/C28H46N4O11/c1-16(7-11-33)13-21(35)29-9-3-5-18-26(40)32-19(27(41)31-18)6-4-10-30-22(36)14-17(2)8-12-42-28-25(39)24(38)23(37)20(15-34)43-28/h13-14,18-20,23-25,28,33-34,37-39H,3-12,15H2,1-2H3,(H,29,35)(H,30,36)(H,31,41)(H,32,40)/b16-13+,17-14+/t18-,19-,20-,23+,24+,25+,28-/m0/s1. The fraction of sp³-hybridized carbons (Fsp3) is 0.714. The van der Waals surface area contributed by atoms with Crippen LogP contribution in [0.3, 0.4) is 0 Å². The highest BCUT2D eigenvalue weighted by Crippen LogP contribution is 2.22. The van der Waals surface area contributed by atoms with Gasteiger partial charge in [0.1, 0.15) is 36.5 Å². The highest BCUT2D eigenvalue weighted by Gasteiger charge is 2.44. The predicted molar refractivity (Wildman–Crippen MR) is 152 cm³/mol. The first-order valence-electron chi connectivity index (χ1n) is 14.5. The SMILES string of the molecule is C/C(=C\C(=O)NCCC[C@@H]1NC(=O)[C@H](CCCNC(=O)/C=C(\C)CCO[C@H]2O[C@@H](CO)[C@@H](O)[C@@H](O)[C@H]2O)NC1=O)CCO. The summed E-state index contributed by atoms with van der Waals surface area (Å²) in [6, 6.07) is -1.40. The lowest BCUT2D eigenvalue weighted by molar-refractivity contribution is -0.300. The summed E-state index contributed by atoms with van der Waals surface area (Å²) in [5.74, 6) is -1.24. The van der Waals surface area contributed by atoms with Crippen LogP contribution in [0.2, 0.25) is 0 Å². The number of ether oxygens (including phenoxy) is 2. The Morgan fingerprint density at radius 2 is 1.35 bits per heavy atom. The molecule has 0 aromatic rings. The maximum atomic E-state index is 12.5. The second kappa shape index (κ2) is 18.7. The molecule has 2 rings (SSSR count). The Bertz CT molecular complexity index is 1000. The average Bonchev–Trinajstić information content (AvgIpc) is 2.95. The van der Waals surface area contributed by atoms with Gasteiger partial charge in [-0.25, -0.2) is 0 Å². The largest absolute Gasteiger partial charge is 0.396 e. The minimum atomic E-state index is -1.53. The zero-order chi connectivity index (χ0) is 31.9. The molecule has 0 aromatic carbocycles. The number of rotatable bonds is 17. The fourth-order valence-electron chi connectivity index (χ4n) is 4.53. The van der Waals surface area contributed by atoms with Gasteiger partial charge in [-0.3, -0.25) is 19.2 Å². The molecule has 244 valence electrons. The molecule has 0 aromatic heterocycles. The van der Waals surface area contributed by atoms with Crippen molar-refractivity contribution >= 4 is 23.6 Å². The van der Waals surface area contributed by atoms with Crippen LogP contribution in [-0.2, 0) is 28.7 Å². The van der Waals surface area contributed by atoms with E-state index < -0.39 is 49.4 Å². The number of hydrogen-bond donors (Lipinski definition) is 9. The highest BCUT2D eigenvalue weighted by molar-refractivity contribution is 5.96. The first-order valence-corrected chi connectivity index (χ1v) is 14.5. The molecule has 9 N–H and O–H groups in total. The van der Waals surface area contributed by atoms with E-state index in [1.54, 1.807) is 13.8 Å². The van der Waals surface area contributed by atoms with Gasteiger partial charge >= 0.3 is 0 Å². The van der Waals surface area contributed by atoms with Crippen LogP contribution in [0.5, 0.6) is 0 Å². The van der Waals surface area contributed by atoms with Crippen LogP contribution in [0.25, 0.3) is 0 Å². The number of aliphatic hydroxyl groups is 5. The summed E-state index contributed by atoms with van der Waals surface area (Å²) in [5, 5.41) is 58.6. The summed E-state index contributed by atoms with van der Waals surface area (Å²) in [7, 11) is 0. The molecule has 0 aliphatic carbocycles. The molecule has 2 fully saturated rings. The molecule has 2 heterocycles. The zero-order valence-corrected chi connectivity index (χ0v) is 24.7. The first-order chi connectivity index (χ1) is 20.5. The molecular formula is C28H46N4O11. The number of hydrogen-bond acceptors (Lipinski definition) is 11. The van der Waals surface area contributed by atoms with Crippen LogP contribution < -0.4 is 21.3 Å². The summed E-state index contributed by atoms with van der Waals surface area (Å²) in [6.45, 7) is 3.53. The molecule has 2 aliphatic rings. The van der Waals surface area contributed by atoms with Gasteiger partial charge in [-0.15, -0.1) is 0 Å². The number of carbonyl (C=O) groups excluding carboxylic acids is 4. The van der Waals surface area contributed by atoms with Gasteiger partial charge in [0.25, 0.3) is 0 Å². The molecule has 4 amide bonds. The van der Waals surface area contributed by atoms with E-state index in [-0.39, 0.29) is 43.4 Å². The van der Waals surface area contributed by atoms with Gasteiger partial charge in [0.05, 0.1) is 13.2 Å². The van der Waals surface area contributed by atoms with Gasteiger partial charge in [-0.05, 0) is 52.4 Å². The van der Waals surface area contributed by atoms with Gasteiger partial charge in [-0.2, -0.15) is 0 Å². The Balaban J connectivity index is 1.62. The zero-order valence-electron chi connectivity index (χ0n) is 24.7. The predicted octanol–water partition coefficient (Wildman–Crippen LogP) is -2.76. The van der Waals surface area contributed by atoms with E-state index in [0.717, 1.165) is 5.57 Å². The normalized spacial score (nSPS) is 28.2. The van der Waals surface area contributed by atoms with Crippen LogP contribution in [-0.4, -0.2) is 125 Å². The summed E-state index contributed by atoms with van der Waals surface area (Å²) in [5.41, 5.74) is 1.43. The van der Waals surface area contributed by atoms with E-state index in [0.29, 0.717) is 50.6 Å². The Hall–Kier alpha value is -2.92. The molecule has 0 saturated carbocycles. The van der Waals surface area contributed by atoms with Crippen LogP contribution in [0.1, 0.15) is 52.4 Å². The summed E-state index contributed by atoms with van der Waals surface area (Å²) in [4.78, 5) is 48.9. The van der Waals surface area contributed by atoms with Gasteiger partial charge in [0.2, 0.25) is 23.6 Å². The lowest BCUT2D eigenvalue weighted by Gasteiger charge is -2.39. The third-order valence-electron chi connectivity index (χ3n) is 7.09. The van der Waals surface area contributed by atoms with Crippen LogP contribution in [0.4, 0.5) is 0 Å². The van der Waals surface area contributed by atoms with Gasteiger partial charge in [0, 0.05) is 31.8 Å². The molecule has 0 radical (unpaired) electrons. The Morgan fingerprint density at radius 3 is 1.84 bits per heavy atom. The summed E-state index contributed by atoms with van der Waals surface area (Å²) >= 11 is 0. The van der Waals surface area contributed by atoms with Crippen molar-refractivity contribution in [1.29, 1.82) is 0 Å². The Kier molecular flexibility index (Phi) is 15.8. The maximum absolute atomic E-state index is 12.5. The molecular weight excluding hydrogens is 568 g/mol. The molecule has 7 atom stereocenters. The topological polar surface area (TPSA) is 236 Å². The minimum absolute atomic E-state index is 0.0312. The highest BCUT2D eigenvalue weighted by atomic mass is 16.7.